The quantitative estimate of drug-likeness (QED) is 0.594. The van der Waals surface area contributed by atoms with E-state index in [4.69, 9.17) is 12.2 Å². The maximum absolute atomic E-state index is 13.7. The van der Waals surface area contributed by atoms with Gasteiger partial charge in [-0.05, 0) is 61.3 Å². The zero-order valence-corrected chi connectivity index (χ0v) is 14.9. The lowest BCUT2D eigenvalue weighted by molar-refractivity contribution is 0.243. The number of aromatic nitrogens is 2. The van der Waals surface area contributed by atoms with Crippen molar-refractivity contribution in [3.8, 4) is 0 Å². The maximum Gasteiger partial charge on any atom is 0.178 e. The Morgan fingerprint density at radius 2 is 2.20 bits per heavy atom. The normalized spacial score (nSPS) is 13.3. The molecule has 0 saturated carbocycles. The molecule has 2 rings (SSSR count). The molecule has 0 aliphatic carbocycles. The predicted octanol–water partition coefficient (Wildman–Crippen LogP) is 4.17. The van der Waals surface area contributed by atoms with Crippen molar-refractivity contribution in [2.24, 2.45) is 0 Å². The van der Waals surface area contributed by atoms with Gasteiger partial charge in [-0.3, -0.25) is 0 Å². The molecule has 1 atom stereocenters. The summed E-state index contributed by atoms with van der Waals surface area (Å²) in [5, 5.41) is 0. The van der Waals surface area contributed by atoms with Gasteiger partial charge in [-0.15, -0.1) is 0 Å². The number of hydrogen-bond acceptors (Lipinski definition) is 2. The van der Waals surface area contributed by atoms with E-state index in [1.807, 2.05) is 27.2 Å². The summed E-state index contributed by atoms with van der Waals surface area (Å²) in [6, 6.07) is 3.90. The van der Waals surface area contributed by atoms with Crippen LogP contribution in [0.5, 0.6) is 0 Å². The SMILES string of the molecule is CCC(C)N(C)CCn1c(=S)[nH]c2cc(I)c(F)cc21. The Bertz CT molecular complexity index is 664. The number of halogens is 2. The molecule has 0 fully saturated rings. The number of H-pyrrole nitrogens is 1. The lowest BCUT2D eigenvalue weighted by Crippen LogP contribution is -2.31. The Morgan fingerprint density at radius 1 is 1.50 bits per heavy atom. The molecule has 0 saturated heterocycles. The van der Waals surface area contributed by atoms with E-state index < -0.39 is 0 Å². The van der Waals surface area contributed by atoms with Crippen molar-refractivity contribution < 1.29 is 4.39 Å². The molecule has 1 aromatic carbocycles. The molecule has 2 aromatic rings. The molecule has 0 aliphatic rings. The molecule has 110 valence electrons. The number of aromatic amines is 1. The second-order valence-electron chi connectivity index (χ2n) is 5.10. The van der Waals surface area contributed by atoms with Crippen molar-refractivity contribution in [2.75, 3.05) is 13.6 Å². The molecular weight excluding hydrogens is 388 g/mol. The summed E-state index contributed by atoms with van der Waals surface area (Å²) in [6.07, 6.45) is 1.11. The van der Waals surface area contributed by atoms with E-state index in [1.165, 1.54) is 0 Å². The van der Waals surface area contributed by atoms with Gasteiger partial charge in [0, 0.05) is 25.2 Å². The van der Waals surface area contributed by atoms with E-state index in [1.54, 1.807) is 12.1 Å². The summed E-state index contributed by atoms with van der Waals surface area (Å²) in [7, 11) is 2.11. The molecule has 0 bridgehead atoms. The van der Waals surface area contributed by atoms with Crippen LogP contribution in [-0.2, 0) is 6.54 Å². The van der Waals surface area contributed by atoms with Crippen molar-refractivity contribution in [1.82, 2.24) is 14.5 Å². The molecule has 1 N–H and O–H groups in total. The first-order chi connectivity index (χ1) is 9.43. The number of hydrogen-bond donors (Lipinski definition) is 1. The molecule has 1 aromatic heterocycles. The van der Waals surface area contributed by atoms with Crippen LogP contribution in [0.1, 0.15) is 20.3 Å². The highest BCUT2D eigenvalue weighted by Gasteiger charge is 2.11. The Kier molecular flexibility index (Phi) is 5.19. The van der Waals surface area contributed by atoms with Crippen molar-refractivity contribution >= 4 is 45.8 Å². The largest absolute Gasteiger partial charge is 0.331 e. The van der Waals surface area contributed by atoms with Crippen LogP contribution in [0.2, 0.25) is 0 Å². The third kappa shape index (κ3) is 3.23. The number of fused-ring (bicyclic) bond motifs is 1. The highest BCUT2D eigenvalue weighted by Crippen LogP contribution is 2.20. The molecule has 0 aliphatic heterocycles. The van der Waals surface area contributed by atoms with E-state index in [0.717, 1.165) is 30.5 Å². The molecule has 1 unspecified atom stereocenters. The van der Waals surface area contributed by atoms with Gasteiger partial charge in [0.05, 0.1) is 14.6 Å². The number of nitrogens with zero attached hydrogens (tertiary/aromatic N) is 2. The molecule has 3 nitrogen and oxygen atoms in total. The fraction of sp³-hybridized carbons (Fsp3) is 0.500. The van der Waals surface area contributed by atoms with Gasteiger partial charge in [0.2, 0.25) is 0 Å². The summed E-state index contributed by atoms with van der Waals surface area (Å²) in [4.78, 5) is 5.45. The van der Waals surface area contributed by atoms with Crippen LogP contribution >= 0.6 is 34.8 Å². The Morgan fingerprint density at radius 3 is 2.85 bits per heavy atom. The fourth-order valence-corrected chi connectivity index (χ4v) is 2.93. The van der Waals surface area contributed by atoms with Crippen molar-refractivity contribution in [3.63, 3.8) is 0 Å². The van der Waals surface area contributed by atoms with E-state index >= 15 is 0 Å². The van der Waals surface area contributed by atoms with Gasteiger partial charge in [-0.25, -0.2) is 4.39 Å². The number of benzene rings is 1. The third-order valence-electron chi connectivity index (χ3n) is 3.84. The van der Waals surface area contributed by atoms with Crippen LogP contribution in [0.4, 0.5) is 4.39 Å². The summed E-state index contributed by atoms with van der Waals surface area (Å²) >= 11 is 7.34. The van der Waals surface area contributed by atoms with Crippen LogP contribution in [-0.4, -0.2) is 34.1 Å². The van der Waals surface area contributed by atoms with E-state index in [0.29, 0.717) is 14.4 Å². The molecule has 0 amide bonds. The van der Waals surface area contributed by atoms with E-state index in [2.05, 4.69) is 30.8 Å². The fourth-order valence-electron chi connectivity index (χ4n) is 2.16. The smallest absolute Gasteiger partial charge is 0.178 e. The minimum Gasteiger partial charge on any atom is -0.331 e. The van der Waals surface area contributed by atoms with Crippen LogP contribution in [0, 0.1) is 14.2 Å². The Balaban J connectivity index is 2.28. The van der Waals surface area contributed by atoms with Gasteiger partial charge in [0.1, 0.15) is 5.82 Å². The van der Waals surface area contributed by atoms with Crippen molar-refractivity contribution in [2.45, 2.75) is 32.9 Å². The summed E-state index contributed by atoms with van der Waals surface area (Å²) in [5.74, 6) is -0.198. The standard InChI is InChI=1S/C14H19FIN3S/c1-4-9(2)18(3)5-6-19-13-7-10(15)11(16)8-12(13)17-14(19)20/h7-9H,4-6H2,1-3H3,(H,17,20). The molecule has 1 heterocycles. The number of rotatable bonds is 5. The Hall–Kier alpha value is -0.470. The average Bonchev–Trinajstić information content (AvgIpc) is 2.71. The Labute approximate surface area is 137 Å². The van der Waals surface area contributed by atoms with Gasteiger partial charge in [0.25, 0.3) is 0 Å². The maximum atomic E-state index is 13.7. The minimum atomic E-state index is -0.198. The highest BCUT2D eigenvalue weighted by atomic mass is 127. The molecule has 0 radical (unpaired) electrons. The zero-order valence-electron chi connectivity index (χ0n) is 11.9. The first kappa shape index (κ1) is 15.9. The molecule has 6 heteroatoms. The zero-order chi connectivity index (χ0) is 14.9. The summed E-state index contributed by atoms with van der Waals surface area (Å²) in [6.45, 7) is 6.04. The molecular formula is C14H19FIN3S. The third-order valence-corrected chi connectivity index (χ3v) is 4.98. The van der Waals surface area contributed by atoms with Crippen molar-refractivity contribution in [3.05, 3.63) is 26.3 Å². The second-order valence-corrected chi connectivity index (χ2v) is 6.65. The minimum absolute atomic E-state index is 0.198. The van der Waals surface area contributed by atoms with Crippen LogP contribution in [0.15, 0.2) is 12.1 Å². The lowest BCUT2D eigenvalue weighted by atomic mass is 10.2. The van der Waals surface area contributed by atoms with Gasteiger partial charge >= 0.3 is 0 Å². The second kappa shape index (κ2) is 6.53. The van der Waals surface area contributed by atoms with Gasteiger partial charge in [0.15, 0.2) is 4.77 Å². The van der Waals surface area contributed by atoms with Crippen molar-refractivity contribution in [1.29, 1.82) is 0 Å². The first-order valence-electron chi connectivity index (χ1n) is 6.71. The highest BCUT2D eigenvalue weighted by molar-refractivity contribution is 14.1. The van der Waals surface area contributed by atoms with Gasteiger partial charge in [-0.2, -0.15) is 0 Å². The number of imidazole rings is 1. The number of likely N-dealkylation sites (N-methyl/N-ethyl adjacent to an activating group) is 1. The van der Waals surface area contributed by atoms with Crippen LogP contribution in [0.3, 0.4) is 0 Å². The van der Waals surface area contributed by atoms with Gasteiger partial charge < -0.3 is 14.5 Å². The topological polar surface area (TPSA) is 24.0 Å². The molecule has 20 heavy (non-hydrogen) atoms. The van der Waals surface area contributed by atoms with E-state index in [-0.39, 0.29) is 5.82 Å². The monoisotopic (exact) mass is 407 g/mol. The van der Waals surface area contributed by atoms with Crippen LogP contribution < -0.4 is 0 Å². The summed E-state index contributed by atoms with van der Waals surface area (Å²) in [5.41, 5.74) is 1.73. The molecule has 0 spiro atoms. The average molecular weight is 407 g/mol. The first-order valence-corrected chi connectivity index (χ1v) is 8.20. The van der Waals surface area contributed by atoms with Gasteiger partial charge in [-0.1, -0.05) is 6.92 Å². The lowest BCUT2D eigenvalue weighted by Gasteiger charge is -2.23. The number of nitrogens with one attached hydrogen (secondary N) is 1. The van der Waals surface area contributed by atoms with E-state index in [9.17, 15) is 4.39 Å². The predicted molar refractivity (Wildman–Crippen MR) is 92.2 cm³/mol. The van der Waals surface area contributed by atoms with Crippen LogP contribution in [0.25, 0.3) is 11.0 Å². The summed E-state index contributed by atoms with van der Waals surface area (Å²) < 4.78 is 17.0.